The second-order valence-electron chi connectivity index (χ2n) is 4.65. The zero-order valence-electron chi connectivity index (χ0n) is 11.0. The molecular weight excluding hydrogens is 328 g/mol. The molecule has 0 aliphatic carbocycles. The van der Waals surface area contributed by atoms with Gasteiger partial charge < -0.3 is 10.4 Å². The molecule has 1 unspecified atom stereocenters. The number of phenolic OH excluding ortho intramolecular Hbond substituents is 1. The van der Waals surface area contributed by atoms with Gasteiger partial charge in [0.25, 0.3) is 0 Å². The molecule has 5 heteroatoms. The zero-order chi connectivity index (χ0) is 14.9. The van der Waals surface area contributed by atoms with Gasteiger partial charge in [0.05, 0.1) is 10.5 Å². The number of aromatic hydroxyl groups is 1. The molecule has 0 fully saturated rings. The second kappa shape index (κ2) is 5.79. The number of hydrogen-bond donors (Lipinski definition) is 2. The van der Waals surface area contributed by atoms with Crippen LogP contribution in [0.15, 0.2) is 34.8 Å². The lowest BCUT2D eigenvalue weighted by Crippen LogP contribution is -2.08. The Kier molecular flexibility index (Phi) is 4.28. The Morgan fingerprint density at radius 3 is 2.60 bits per heavy atom. The summed E-state index contributed by atoms with van der Waals surface area (Å²) in [6, 6.07) is 6.43. The van der Waals surface area contributed by atoms with Gasteiger partial charge in [0, 0.05) is 11.3 Å². The molecule has 2 rings (SSSR count). The number of anilines is 1. The van der Waals surface area contributed by atoms with Crippen LogP contribution >= 0.6 is 15.9 Å². The maximum absolute atomic E-state index is 13.6. The highest BCUT2D eigenvalue weighted by Gasteiger charge is 2.13. The molecule has 0 radical (unpaired) electrons. The van der Waals surface area contributed by atoms with Crippen molar-refractivity contribution in [1.82, 2.24) is 0 Å². The number of benzene rings is 2. The highest BCUT2D eigenvalue weighted by molar-refractivity contribution is 9.10. The maximum atomic E-state index is 13.6. The minimum atomic E-state index is -0.426. The van der Waals surface area contributed by atoms with Gasteiger partial charge >= 0.3 is 0 Å². The van der Waals surface area contributed by atoms with E-state index in [9.17, 15) is 13.9 Å². The van der Waals surface area contributed by atoms with Crippen LogP contribution in [-0.2, 0) is 0 Å². The van der Waals surface area contributed by atoms with Crippen molar-refractivity contribution in [2.75, 3.05) is 5.32 Å². The van der Waals surface area contributed by atoms with E-state index in [4.69, 9.17) is 0 Å². The van der Waals surface area contributed by atoms with Crippen LogP contribution in [0.2, 0.25) is 0 Å². The van der Waals surface area contributed by atoms with Crippen molar-refractivity contribution in [3.8, 4) is 5.75 Å². The molecule has 0 saturated carbocycles. The summed E-state index contributed by atoms with van der Waals surface area (Å²) in [5.41, 5.74) is 1.87. The molecule has 0 aromatic heterocycles. The predicted octanol–water partition coefficient (Wildman–Crippen LogP) is 4.91. The summed E-state index contributed by atoms with van der Waals surface area (Å²) in [6.07, 6.45) is 0. The van der Waals surface area contributed by atoms with Crippen LogP contribution in [0.3, 0.4) is 0 Å². The number of rotatable bonds is 3. The number of phenols is 1. The van der Waals surface area contributed by atoms with Crippen LogP contribution in [-0.4, -0.2) is 5.11 Å². The fourth-order valence-corrected chi connectivity index (χ4v) is 2.44. The molecule has 0 heterocycles. The molecule has 0 amide bonds. The third kappa shape index (κ3) is 3.10. The number of nitrogens with one attached hydrogen (secondary N) is 1. The van der Waals surface area contributed by atoms with E-state index in [1.54, 1.807) is 13.0 Å². The van der Waals surface area contributed by atoms with E-state index in [1.165, 1.54) is 24.3 Å². The number of halogens is 3. The highest BCUT2D eigenvalue weighted by Crippen LogP contribution is 2.30. The summed E-state index contributed by atoms with van der Waals surface area (Å²) in [4.78, 5) is 0. The van der Waals surface area contributed by atoms with Gasteiger partial charge in [-0.15, -0.1) is 0 Å². The van der Waals surface area contributed by atoms with Crippen molar-refractivity contribution in [1.29, 1.82) is 0 Å². The summed E-state index contributed by atoms with van der Waals surface area (Å²) in [6.45, 7) is 3.61. The van der Waals surface area contributed by atoms with Crippen molar-refractivity contribution in [2.24, 2.45) is 0 Å². The lowest BCUT2D eigenvalue weighted by molar-refractivity contribution is 0.462. The summed E-state index contributed by atoms with van der Waals surface area (Å²) >= 11 is 3.12. The van der Waals surface area contributed by atoms with Gasteiger partial charge in [-0.1, -0.05) is 0 Å². The quantitative estimate of drug-likeness (QED) is 0.830. The Bertz CT molecular complexity index is 646. The molecule has 2 N–H and O–H groups in total. The van der Waals surface area contributed by atoms with Gasteiger partial charge in [0.2, 0.25) is 0 Å². The minimum absolute atomic E-state index is 0.00152. The summed E-state index contributed by atoms with van der Waals surface area (Å²) < 4.78 is 27.2. The molecule has 1 atom stereocenters. The lowest BCUT2D eigenvalue weighted by atomic mass is 10.1. The van der Waals surface area contributed by atoms with Gasteiger partial charge in [0.15, 0.2) is 0 Å². The van der Waals surface area contributed by atoms with Crippen LogP contribution in [0.4, 0.5) is 14.5 Å². The maximum Gasteiger partial charge on any atom is 0.139 e. The first-order valence-electron chi connectivity index (χ1n) is 6.09. The van der Waals surface area contributed by atoms with E-state index in [-0.39, 0.29) is 17.6 Å². The van der Waals surface area contributed by atoms with E-state index in [0.29, 0.717) is 15.7 Å². The largest absolute Gasteiger partial charge is 0.508 e. The zero-order valence-corrected chi connectivity index (χ0v) is 12.6. The molecule has 2 nitrogen and oxygen atoms in total. The fraction of sp³-hybridized carbons (Fsp3) is 0.200. The predicted molar refractivity (Wildman–Crippen MR) is 78.9 cm³/mol. The first-order valence-corrected chi connectivity index (χ1v) is 6.88. The van der Waals surface area contributed by atoms with Gasteiger partial charge in [-0.3, -0.25) is 0 Å². The van der Waals surface area contributed by atoms with E-state index >= 15 is 0 Å². The SMILES string of the molecule is Cc1cc(Br)c(F)cc1NC(C)c1cc(F)ccc1O. The monoisotopic (exact) mass is 341 g/mol. The number of hydrogen-bond acceptors (Lipinski definition) is 2. The summed E-state index contributed by atoms with van der Waals surface area (Å²) in [5, 5.41) is 12.8. The van der Waals surface area contributed by atoms with Crippen molar-refractivity contribution >= 4 is 21.6 Å². The molecular formula is C15H14BrF2NO. The smallest absolute Gasteiger partial charge is 0.139 e. The first-order chi connectivity index (χ1) is 9.38. The summed E-state index contributed by atoms with van der Waals surface area (Å²) in [7, 11) is 0. The molecule has 0 aliphatic heterocycles. The van der Waals surface area contributed by atoms with Crippen LogP contribution in [0.25, 0.3) is 0 Å². The van der Waals surface area contributed by atoms with Crippen LogP contribution < -0.4 is 5.32 Å². The Morgan fingerprint density at radius 2 is 1.90 bits per heavy atom. The molecule has 0 aliphatic rings. The third-order valence-electron chi connectivity index (χ3n) is 3.10. The van der Waals surface area contributed by atoms with Crippen molar-refractivity contribution in [2.45, 2.75) is 19.9 Å². The second-order valence-corrected chi connectivity index (χ2v) is 5.50. The molecule has 0 saturated heterocycles. The average Bonchev–Trinajstić information content (AvgIpc) is 2.38. The van der Waals surface area contributed by atoms with E-state index in [2.05, 4.69) is 21.2 Å². The Balaban J connectivity index is 2.30. The highest BCUT2D eigenvalue weighted by atomic mass is 79.9. The lowest BCUT2D eigenvalue weighted by Gasteiger charge is -2.19. The van der Waals surface area contributed by atoms with Gasteiger partial charge in [0.1, 0.15) is 17.4 Å². The molecule has 0 bridgehead atoms. The Labute approximate surface area is 124 Å². The van der Waals surface area contributed by atoms with Crippen molar-refractivity contribution < 1.29 is 13.9 Å². The van der Waals surface area contributed by atoms with Crippen molar-refractivity contribution in [3.63, 3.8) is 0 Å². The Morgan fingerprint density at radius 1 is 1.20 bits per heavy atom. The van der Waals surface area contributed by atoms with Gasteiger partial charge in [-0.05, 0) is 65.7 Å². The first kappa shape index (κ1) is 14.8. The van der Waals surface area contributed by atoms with Crippen molar-refractivity contribution in [3.05, 3.63) is 57.6 Å². The van der Waals surface area contributed by atoms with E-state index in [1.807, 2.05) is 6.92 Å². The van der Waals surface area contributed by atoms with Crippen LogP contribution in [0, 0.1) is 18.6 Å². The fourth-order valence-electron chi connectivity index (χ4n) is 1.98. The van der Waals surface area contributed by atoms with Crippen LogP contribution in [0.1, 0.15) is 24.1 Å². The number of aryl methyl sites for hydroxylation is 1. The minimum Gasteiger partial charge on any atom is -0.508 e. The standard InChI is InChI=1S/C15H14BrF2NO/c1-8-5-12(16)13(18)7-14(8)19-9(2)11-6-10(17)3-4-15(11)20/h3-7,9,19-20H,1-2H3. The van der Waals surface area contributed by atoms with Crippen LogP contribution in [0.5, 0.6) is 5.75 Å². The molecule has 0 spiro atoms. The van der Waals surface area contributed by atoms with E-state index < -0.39 is 5.82 Å². The molecule has 106 valence electrons. The molecule has 2 aromatic carbocycles. The topological polar surface area (TPSA) is 32.3 Å². The average molecular weight is 342 g/mol. The normalized spacial score (nSPS) is 12.2. The third-order valence-corrected chi connectivity index (χ3v) is 3.70. The molecule has 20 heavy (non-hydrogen) atoms. The van der Waals surface area contributed by atoms with Gasteiger partial charge in [-0.25, -0.2) is 8.78 Å². The summed E-state index contributed by atoms with van der Waals surface area (Å²) in [5.74, 6) is -0.805. The van der Waals surface area contributed by atoms with Gasteiger partial charge in [-0.2, -0.15) is 0 Å². The Hall–Kier alpha value is -1.62. The molecule has 2 aromatic rings. The van der Waals surface area contributed by atoms with E-state index in [0.717, 1.165) is 5.56 Å².